The maximum Gasteiger partial charge on any atom is 0.281 e. The van der Waals surface area contributed by atoms with Crippen molar-refractivity contribution < 1.29 is 13.2 Å². The van der Waals surface area contributed by atoms with Crippen LogP contribution in [0.1, 0.15) is 21.5 Å². The Labute approximate surface area is 184 Å². The molecule has 1 amide bonds. The molecular weight excluding hydrogens is 430 g/mol. The molecule has 4 rings (SSSR count). The van der Waals surface area contributed by atoms with Gasteiger partial charge in [-0.2, -0.15) is 4.99 Å². The summed E-state index contributed by atoms with van der Waals surface area (Å²) in [6, 6.07) is 19.1. The summed E-state index contributed by atoms with van der Waals surface area (Å²) >= 11 is 1.42. The highest BCUT2D eigenvalue weighted by Crippen LogP contribution is 2.22. The number of aryl methyl sites for hydroxylation is 3. The Hall–Kier alpha value is -3.23. The van der Waals surface area contributed by atoms with E-state index in [1.165, 1.54) is 23.5 Å². The van der Waals surface area contributed by atoms with Crippen molar-refractivity contribution in [1.82, 2.24) is 4.57 Å². The summed E-state index contributed by atoms with van der Waals surface area (Å²) in [5.41, 5.74) is 3.45. The zero-order valence-corrected chi connectivity index (χ0v) is 18.9. The Morgan fingerprint density at radius 1 is 0.968 bits per heavy atom. The van der Waals surface area contributed by atoms with E-state index in [0.717, 1.165) is 21.3 Å². The molecule has 1 heterocycles. The van der Waals surface area contributed by atoms with Gasteiger partial charge in [0, 0.05) is 7.05 Å². The lowest BCUT2D eigenvalue weighted by molar-refractivity contribution is 0.0999. The van der Waals surface area contributed by atoms with Crippen molar-refractivity contribution >= 4 is 43.2 Å². The first-order valence-electron chi connectivity index (χ1n) is 9.58. The largest absolute Gasteiger partial charge is 0.319 e. The molecule has 0 atom stereocenters. The molecule has 3 aromatic carbocycles. The third kappa shape index (κ3) is 4.30. The second-order valence-electron chi connectivity index (χ2n) is 7.30. The number of nitrogens with one attached hydrogen (secondary N) is 1. The van der Waals surface area contributed by atoms with Gasteiger partial charge in [0.15, 0.2) is 4.80 Å². The number of thiazole rings is 1. The molecule has 1 N–H and O–H groups in total. The first-order valence-corrected chi connectivity index (χ1v) is 11.9. The van der Waals surface area contributed by atoms with Gasteiger partial charge >= 0.3 is 0 Å². The molecule has 1 aromatic heterocycles. The van der Waals surface area contributed by atoms with Crippen LogP contribution in [0.4, 0.5) is 5.69 Å². The highest BCUT2D eigenvalue weighted by Gasteiger charge is 2.18. The minimum Gasteiger partial charge on any atom is -0.319 e. The molecule has 31 heavy (non-hydrogen) atoms. The fraction of sp³-hybridized carbons (Fsp3) is 0.130. The Morgan fingerprint density at radius 3 is 2.39 bits per heavy atom. The second-order valence-corrected chi connectivity index (χ2v) is 9.99. The molecule has 0 saturated heterocycles. The van der Waals surface area contributed by atoms with Gasteiger partial charge in [-0.25, -0.2) is 8.42 Å². The standard InChI is InChI=1S/C23H21N3O3S2/c1-15-8-11-17(12-9-15)31(28,29)25-19-7-5-4-6-18(19)22(27)24-23-26(3)20-13-10-16(2)14-21(20)30-23/h4-14,25H,1-3H3. The van der Waals surface area contributed by atoms with Crippen molar-refractivity contribution in [3.8, 4) is 0 Å². The number of rotatable bonds is 4. The predicted octanol–water partition coefficient (Wildman–Crippen LogP) is 4.40. The number of amides is 1. The van der Waals surface area contributed by atoms with Crippen molar-refractivity contribution in [3.05, 3.63) is 88.2 Å². The van der Waals surface area contributed by atoms with Gasteiger partial charge in [0.2, 0.25) is 0 Å². The average Bonchev–Trinajstić information content (AvgIpc) is 3.02. The first kappa shape index (κ1) is 21.0. The maximum absolute atomic E-state index is 13.0. The van der Waals surface area contributed by atoms with Crippen LogP contribution in [0.25, 0.3) is 10.2 Å². The Kier molecular flexibility index (Phi) is 5.51. The summed E-state index contributed by atoms with van der Waals surface area (Å²) < 4.78 is 31.0. The van der Waals surface area contributed by atoms with Crippen LogP contribution in [0.15, 0.2) is 76.6 Å². The van der Waals surface area contributed by atoms with E-state index in [4.69, 9.17) is 0 Å². The summed E-state index contributed by atoms with van der Waals surface area (Å²) in [6.07, 6.45) is 0. The number of benzene rings is 3. The zero-order valence-electron chi connectivity index (χ0n) is 17.3. The zero-order chi connectivity index (χ0) is 22.2. The van der Waals surface area contributed by atoms with Gasteiger partial charge in [0.25, 0.3) is 15.9 Å². The van der Waals surface area contributed by atoms with E-state index in [1.54, 1.807) is 36.4 Å². The van der Waals surface area contributed by atoms with E-state index in [1.807, 2.05) is 43.7 Å². The molecule has 0 aliphatic carbocycles. The van der Waals surface area contributed by atoms with Crippen molar-refractivity contribution in [2.75, 3.05) is 4.72 Å². The molecule has 0 aliphatic rings. The van der Waals surface area contributed by atoms with Crippen LogP contribution in [0.3, 0.4) is 0 Å². The molecule has 8 heteroatoms. The lowest BCUT2D eigenvalue weighted by Gasteiger charge is -2.11. The van der Waals surface area contributed by atoms with Crippen LogP contribution in [-0.4, -0.2) is 18.9 Å². The molecule has 158 valence electrons. The van der Waals surface area contributed by atoms with Gasteiger partial charge in [-0.15, -0.1) is 0 Å². The van der Waals surface area contributed by atoms with E-state index in [9.17, 15) is 13.2 Å². The fourth-order valence-corrected chi connectivity index (χ4v) is 5.37. The molecule has 0 unspecified atom stereocenters. The number of para-hydroxylation sites is 1. The van der Waals surface area contributed by atoms with Crippen molar-refractivity contribution in [1.29, 1.82) is 0 Å². The number of hydrogen-bond acceptors (Lipinski definition) is 4. The normalized spacial score (nSPS) is 12.3. The Balaban J connectivity index is 1.72. The quantitative estimate of drug-likeness (QED) is 0.499. The Bertz CT molecular complexity index is 1460. The smallest absolute Gasteiger partial charge is 0.281 e. The molecule has 6 nitrogen and oxygen atoms in total. The summed E-state index contributed by atoms with van der Waals surface area (Å²) in [5.74, 6) is -0.513. The SMILES string of the molecule is Cc1ccc(S(=O)(=O)Nc2ccccc2C(=O)N=c2sc3cc(C)ccc3n2C)cc1. The molecular formula is C23H21N3O3S2. The van der Waals surface area contributed by atoms with Crippen LogP contribution in [0.2, 0.25) is 0 Å². The second kappa shape index (κ2) is 8.13. The van der Waals surface area contributed by atoms with Crippen molar-refractivity contribution in [3.63, 3.8) is 0 Å². The van der Waals surface area contributed by atoms with Gasteiger partial charge in [-0.1, -0.05) is 47.2 Å². The Morgan fingerprint density at radius 2 is 1.65 bits per heavy atom. The highest BCUT2D eigenvalue weighted by molar-refractivity contribution is 7.92. The van der Waals surface area contributed by atoms with E-state index in [-0.39, 0.29) is 16.1 Å². The van der Waals surface area contributed by atoms with Gasteiger partial charge in [0.1, 0.15) is 0 Å². The molecule has 0 saturated carbocycles. The van der Waals surface area contributed by atoms with E-state index >= 15 is 0 Å². The van der Waals surface area contributed by atoms with Crippen LogP contribution >= 0.6 is 11.3 Å². The van der Waals surface area contributed by atoms with Gasteiger partial charge < -0.3 is 4.57 Å². The van der Waals surface area contributed by atoms with E-state index in [0.29, 0.717) is 4.80 Å². The number of aromatic nitrogens is 1. The minimum absolute atomic E-state index is 0.128. The number of carbonyl (C=O) groups is 1. The predicted molar refractivity (Wildman–Crippen MR) is 124 cm³/mol. The van der Waals surface area contributed by atoms with Crippen LogP contribution < -0.4 is 9.52 Å². The number of nitrogens with zero attached hydrogens (tertiary/aromatic N) is 2. The van der Waals surface area contributed by atoms with Gasteiger partial charge in [-0.3, -0.25) is 9.52 Å². The third-order valence-electron chi connectivity index (χ3n) is 4.90. The summed E-state index contributed by atoms with van der Waals surface area (Å²) in [4.78, 5) is 17.9. The van der Waals surface area contributed by atoms with E-state index < -0.39 is 15.9 Å². The van der Waals surface area contributed by atoms with Crippen molar-refractivity contribution in [2.45, 2.75) is 18.7 Å². The fourth-order valence-electron chi connectivity index (χ4n) is 3.17. The van der Waals surface area contributed by atoms with E-state index in [2.05, 4.69) is 9.71 Å². The summed E-state index contributed by atoms with van der Waals surface area (Å²) in [6.45, 7) is 3.89. The summed E-state index contributed by atoms with van der Waals surface area (Å²) in [5, 5.41) is 0. The number of sulfonamides is 1. The third-order valence-corrected chi connectivity index (χ3v) is 7.37. The molecule has 0 aliphatic heterocycles. The lowest BCUT2D eigenvalue weighted by atomic mass is 10.2. The molecule has 0 bridgehead atoms. The van der Waals surface area contributed by atoms with Crippen LogP contribution in [0, 0.1) is 13.8 Å². The molecule has 0 radical (unpaired) electrons. The summed E-state index contributed by atoms with van der Waals surface area (Å²) in [7, 11) is -1.99. The van der Waals surface area contributed by atoms with Crippen LogP contribution in [0.5, 0.6) is 0 Å². The number of hydrogen-bond donors (Lipinski definition) is 1. The number of anilines is 1. The highest BCUT2D eigenvalue weighted by atomic mass is 32.2. The topological polar surface area (TPSA) is 80.5 Å². The molecule has 0 spiro atoms. The first-order chi connectivity index (χ1) is 14.7. The maximum atomic E-state index is 13.0. The van der Waals surface area contributed by atoms with Crippen molar-refractivity contribution in [2.24, 2.45) is 12.0 Å². The lowest BCUT2D eigenvalue weighted by Crippen LogP contribution is -2.17. The number of fused-ring (bicyclic) bond motifs is 1. The van der Waals surface area contributed by atoms with Crippen LogP contribution in [-0.2, 0) is 17.1 Å². The van der Waals surface area contributed by atoms with Gasteiger partial charge in [0.05, 0.1) is 26.4 Å². The number of carbonyl (C=O) groups excluding carboxylic acids is 1. The average molecular weight is 452 g/mol. The molecule has 4 aromatic rings. The monoisotopic (exact) mass is 451 g/mol. The van der Waals surface area contributed by atoms with Gasteiger partial charge in [-0.05, 0) is 55.8 Å². The minimum atomic E-state index is -3.84. The molecule has 0 fully saturated rings.